The average Bonchev–Trinajstić information content (AvgIpc) is 2.84. The molecule has 0 saturated carbocycles. The summed E-state index contributed by atoms with van der Waals surface area (Å²) in [5.41, 5.74) is 0.520. The summed E-state index contributed by atoms with van der Waals surface area (Å²) in [4.78, 5) is 27.8. The Morgan fingerprint density at radius 2 is 1.79 bits per heavy atom. The predicted octanol–water partition coefficient (Wildman–Crippen LogP) is 5.10. The highest BCUT2D eigenvalue weighted by atomic mass is 19.4. The SMILES string of the molecule is CCOCCCNC(=O)c1cc(NC(=O)c2cccc(C(F)(F)F)c2)ccc1N1CCCCC1. The Hall–Kier alpha value is -3.07. The van der Waals surface area contributed by atoms with E-state index in [1.165, 1.54) is 12.1 Å². The van der Waals surface area contributed by atoms with Gasteiger partial charge in [-0.25, -0.2) is 0 Å². The van der Waals surface area contributed by atoms with Crippen LogP contribution in [0.4, 0.5) is 24.5 Å². The van der Waals surface area contributed by atoms with Gasteiger partial charge in [-0.1, -0.05) is 6.07 Å². The van der Waals surface area contributed by atoms with E-state index < -0.39 is 17.6 Å². The van der Waals surface area contributed by atoms with E-state index in [0.717, 1.165) is 50.2 Å². The number of nitrogens with one attached hydrogen (secondary N) is 2. The molecular weight excluding hydrogens is 447 g/mol. The number of alkyl halides is 3. The van der Waals surface area contributed by atoms with Crippen molar-refractivity contribution in [3.05, 3.63) is 59.2 Å². The van der Waals surface area contributed by atoms with Gasteiger partial charge in [-0.05, 0) is 69.0 Å². The molecule has 1 aliphatic heterocycles. The van der Waals surface area contributed by atoms with E-state index in [1.54, 1.807) is 18.2 Å². The third kappa shape index (κ3) is 6.96. The van der Waals surface area contributed by atoms with Crippen LogP contribution in [-0.4, -0.2) is 44.7 Å². The van der Waals surface area contributed by atoms with Crippen LogP contribution in [0.1, 0.15) is 58.9 Å². The van der Waals surface area contributed by atoms with Crippen LogP contribution in [0, 0.1) is 0 Å². The highest BCUT2D eigenvalue weighted by Crippen LogP contribution is 2.30. The monoisotopic (exact) mass is 477 g/mol. The molecule has 0 spiro atoms. The molecule has 2 amide bonds. The number of halogens is 3. The number of rotatable bonds is 9. The van der Waals surface area contributed by atoms with Crippen LogP contribution in [0.25, 0.3) is 0 Å². The summed E-state index contributed by atoms with van der Waals surface area (Å²) in [6.45, 7) is 5.17. The van der Waals surface area contributed by atoms with Crippen LogP contribution in [0.2, 0.25) is 0 Å². The first-order chi connectivity index (χ1) is 16.3. The van der Waals surface area contributed by atoms with Crippen LogP contribution in [0.3, 0.4) is 0 Å². The molecule has 1 heterocycles. The number of hydrogen-bond acceptors (Lipinski definition) is 4. The highest BCUT2D eigenvalue weighted by Gasteiger charge is 2.31. The van der Waals surface area contributed by atoms with E-state index in [2.05, 4.69) is 15.5 Å². The van der Waals surface area contributed by atoms with Gasteiger partial charge in [0.25, 0.3) is 11.8 Å². The minimum absolute atomic E-state index is 0.114. The highest BCUT2D eigenvalue weighted by molar-refractivity contribution is 6.06. The largest absolute Gasteiger partial charge is 0.416 e. The molecule has 0 radical (unpaired) electrons. The molecule has 2 aromatic rings. The van der Waals surface area contributed by atoms with E-state index >= 15 is 0 Å². The van der Waals surface area contributed by atoms with Crippen molar-refractivity contribution in [1.82, 2.24) is 5.32 Å². The second kappa shape index (κ2) is 11.9. The lowest BCUT2D eigenvalue weighted by Crippen LogP contribution is -2.33. The number of hydrogen-bond donors (Lipinski definition) is 2. The summed E-state index contributed by atoms with van der Waals surface area (Å²) in [7, 11) is 0. The van der Waals surface area contributed by atoms with Crippen molar-refractivity contribution in [3.8, 4) is 0 Å². The lowest BCUT2D eigenvalue weighted by Gasteiger charge is -2.30. The molecule has 0 bridgehead atoms. The summed E-state index contributed by atoms with van der Waals surface area (Å²) in [5, 5.41) is 5.51. The van der Waals surface area contributed by atoms with Gasteiger partial charge in [-0.3, -0.25) is 9.59 Å². The molecule has 1 aliphatic rings. The van der Waals surface area contributed by atoms with Gasteiger partial charge in [-0.2, -0.15) is 13.2 Å². The molecule has 1 fully saturated rings. The molecule has 184 valence electrons. The first-order valence-corrected chi connectivity index (χ1v) is 11.5. The topological polar surface area (TPSA) is 70.7 Å². The van der Waals surface area contributed by atoms with Crippen molar-refractivity contribution in [2.75, 3.05) is 43.1 Å². The van der Waals surface area contributed by atoms with Crippen molar-refractivity contribution in [1.29, 1.82) is 0 Å². The summed E-state index contributed by atoms with van der Waals surface area (Å²) in [6.07, 6.45) is -0.669. The summed E-state index contributed by atoms with van der Waals surface area (Å²) >= 11 is 0. The van der Waals surface area contributed by atoms with Crippen LogP contribution < -0.4 is 15.5 Å². The fourth-order valence-electron chi connectivity index (χ4n) is 3.86. The van der Waals surface area contributed by atoms with E-state index in [9.17, 15) is 22.8 Å². The zero-order valence-electron chi connectivity index (χ0n) is 19.2. The Morgan fingerprint density at radius 3 is 2.50 bits per heavy atom. The maximum absolute atomic E-state index is 13.0. The Bertz CT molecular complexity index is 989. The van der Waals surface area contributed by atoms with Gasteiger partial charge in [-0.15, -0.1) is 0 Å². The number of nitrogens with zero attached hydrogens (tertiary/aromatic N) is 1. The van der Waals surface area contributed by atoms with Crippen molar-refractivity contribution < 1.29 is 27.5 Å². The number of piperidine rings is 1. The minimum Gasteiger partial charge on any atom is -0.382 e. The van der Waals surface area contributed by atoms with Gasteiger partial charge in [0.1, 0.15) is 0 Å². The van der Waals surface area contributed by atoms with Gasteiger partial charge in [0.05, 0.1) is 11.1 Å². The van der Waals surface area contributed by atoms with Crippen molar-refractivity contribution in [3.63, 3.8) is 0 Å². The summed E-state index contributed by atoms with van der Waals surface area (Å²) < 4.78 is 44.3. The quantitative estimate of drug-likeness (QED) is 0.493. The van der Waals surface area contributed by atoms with Crippen molar-refractivity contribution in [2.24, 2.45) is 0 Å². The lowest BCUT2D eigenvalue weighted by molar-refractivity contribution is -0.137. The number of ether oxygens (including phenoxy) is 1. The predicted molar refractivity (Wildman–Crippen MR) is 125 cm³/mol. The van der Waals surface area contributed by atoms with Crippen molar-refractivity contribution in [2.45, 2.75) is 38.8 Å². The van der Waals surface area contributed by atoms with E-state index in [1.807, 2.05) is 6.92 Å². The van der Waals surface area contributed by atoms with E-state index in [4.69, 9.17) is 4.74 Å². The van der Waals surface area contributed by atoms with Crippen molar-refractivity contribution >= 4 is 23.2 Å². The van der Waals surface area contributed by atoms with Gasteiger partial charge >= 0.3 is 6.18 Å². The number of amides is 2. The van der Waals surface area contributed by atoms with Gasteiger partial charge < -0.3 is 20.3 Å². The molecule has 0 unspecified atom stereocenters. The summed E-state index contributed by atoms with van der Waals surface area (Å²) in [5.74, 6) is -0.952. The standard InChI is InChI=1S/C25H30F3N3O3/c1-2-34-15-7-12-29-24(33)21-17-20(10-11-22(21)31-13-4-3-5-14-31)30-23(32)18-8-6-9-19(16-18)25(26,27)28/h6,8-11,16-17H,2-5,7,12-15H2,1H3,(H,29,33)(H,30,32). The molecule has 0 aromatic heterocycles. The molecule has 9 heteroatoms. The number of carbonyl (C=O) groups is 2. The van der Waals surface area contributed by atoms with Crippen LogP contribution >= 0.6 is 0 Å². The smallest absolute Gasteiger partial charge is 0.382 e. The Morgan fingerprint density at radius 1 is 1.03 bits per heavy atom. The van der Waals surface area contributed by atoms with Gasteiger partial charge in [0.2, 0.25) is 0 Å². The van der Waals surface area contributed by atoms with Crippen LogP contribution in [-0.2, 0) is 10.9 Å². The van der Waals surface area contributed by atoms with Crippen LogP contribution in [0.5, 0.6) is 0 Å². The average molecular weight is 478 g/mol. The molecule has 34 heavy (non-hydrogen) atoms. The number of carbonyl (C=O) groups excluding carboxylic acids is 2. The Balaban J connectivity index is 1.79. The summed E-state index contributed by atoms with van der Waals surface area (Å²) in [6, 6.07) is 9.26. The number of benzene rings is 2. The second-order valence-corrected chi connectivity index (χ2v) is 8.12. The fraction of sp³-hybridized carbons (Fsp3) is 0.440. The molecule has 0 aliphatic carbocycles. The fourth-order valence-corrected chi connectivity index (χ4v) is 3.86. The molecular formula is C25H30F3N3O3. The molecule has 0 atom stereocenters. The number of anilines is 2. The zero-order valence-corrected chi connectivity index (χ0v) is 19.2. The van der Waals surface area contributed by atoms with Gasteiger partial charge in [0, 0.05) is 49.8 Å². The first-order valence-electron chi connectivity index (χ1n) is 11.5. The van der Waals surface area contributed by atoms with E-state index in [-0.39, 0.29) is 11.5 Å². The normalized spacial score (nSPS) is 14.1. The Kier molecular flexibility index (Phi) is 8.92. The molecule has 2 N–H and O–H groups in total. The third-order valence-corrected chi connectivity index (χ3v) is 5.60. The second-order valence-electron chi connectivity index (χ2n) is 8.12. The molecule has 2 aromatic carbocycles. The maximum atomic E-state index is 13.0. The third-order valence-electron chi connectivity index (χ3n) is 5.60. The van der Waals surface area contributed by atoms with Crippen LogP contribution in [0.15, 0.2) is 42.5 Å². The first kappa shape index (κ1) is 25.6. The lowest BCUT2D eigenvalue weighted by atomic mass is 10.1. The maximum Gasteiger partial charge on any atom is 0.416 e. The minimum atomic E-state index is -4.54. The molecule has 1 saturated heterocycles. The zero-order chi connectivity index (χ0) is 24.6. The van der Waals surface area contributed by atoms with E-state index in [0.29, 0.717) is 37.4 Å². The Labute approximate surface area is 197 Å². The van der Waals surface area contributed by atoms with Gasteiger partial charge in [0.15, 0.2) is 0 Å². The molecule has 6 nitrogen and oxygen atoms in total. The molecule has 3 rings (SSSR count).